The molecule has 23 heavy (non-hydrogen) atoms. The number of aryl methyl sites for hydroxylation is 1. The fourth-order valence-electron chi connectivity index (χ4n) is 2.63. The zero-order valence-electron chi connectivity index (χ0n) is 13.3. The molecule has 0 fully saturated rings. The normalized spacial score (nSPS) is 13.9. The molecule has 0 saturated heterocycles. The second kappa shape index (κ2) is 8.38. The van der Waals surface area contributed by atoms with Crippen LogP contribution >= 0.6 is 0 Å². The summed E-state index contributed by atoms with van der Waals surface area (Å²) >= 11 is 0. The minimum absolute atomic E-state index is 0.494. The minimum atomic E-state index is -1.31. The van der Waals surface area contributed by atoms with E-state index in [1.165, 1.54) is 0 Å². The van der Waals surface area contributed by atoms with Gasteiger partial charge in [-0.25, -0.2) is 9.59 Å². The highest BCUT2D eigenvalue weighted by Gasteiger charge is 2.37. The molecule has 1 rings (SSSR count). The molecule has 1 aromatic rings. The molecular formula is C16H24N2O5. The Kier molecular flexibility index (Phi) is 6.84. The molecule has 0 spiro atoms. The Morgan fingerprint density at radius 3 is 2.13 bits per heavy atom. The summed E-state index contributed by atoms with van der Waals surface area (Å²) in [5.41, 5.74) is 0.547. The van der Waals surface area contributed by atoms with Gasteiger partial charge in [-0.05, 0) is 23.8 Å². The molecule has 0 heterocycles. The fourth-order valence-corrected chi connectivity index (χ4v) is 2.63. The summed E-state index contributed by atoms with van der Waals surface area (Å²) in [4.78, 5) is 21.9. The van der Waals surface area contributed by atoms with Gasteiger partial charge in [0.25, 0.3) is 0 Å². The number of amides is 2. The molecule has 128 valence electrons. The van der Waals surface area contributed by atoms with Crippen LogP contribution in [0, 0.1) is 5.41 Å². The molecule has 0 aromatic heterocycles. The quantitative estimate of drug-likeness (QED) is 0.500. The first-order valence-corrected chi connectivity index (χ1v) is 7.40. The second-order valence-corrected chi connectivity index (χ2v) is 6.14. The molecule has 2 unspecified atom stereocenters. The van der Waals surface area contributed by atoms with E-state index in [1.54, 1.807) is 0 Å². The molecule has 2 amide bonds. The molecule has 5 N–H and O–H groups in total. The van der Waals surface area contributed by atoms with Crippen molar-refractivity contribution in [1.82, 2.24) is 10.6 Å². The number of rotatable bonds is 8. The highest BCUT2D eigenvalue weighted by molar-refractivity contribution is 5.67. The zero-order valence-corrected chi connectivity index (χ0v) is 13.3. The Morgan fingerprint density at radius 1 is 1.09 bits per heavy atom. The van der Waals surface area contributed by atoms with Crippen LogP contribution < -0.4 is 10.6 Å². The third kappa shape index (κ3) is 6.15. The lowest BCUT2D eigenvalue weighted by atomic mass is 9.76. The van der Waals surface area contributed by atoms with Gasteiger partial charge in [0.05, 0.1) is 18.7 Å². The smallest absolute Gasteiger partial charge is 0.405 e. The van der Waals surface area contributed by atoms with Gasteiger partial charge in [0, 0.05) is 0 Å². The highest BCUT2D eigenvalue weighted by Crippen LogP contribution is 2.29. The molecule has 0 aliphatic heterocycles. The van der Waals surface area contributed by atoms with Gasteiger partial charge in [0.2, 0.25) is 0 Å². The van der Waals surface area contributed by atoms with E-state index in [9.17, 15) is 14.7 Å². The van der Waals surface area contributed by atoms with Crippen LogP contribution in [0.3, 0.4) is 0 Å². The summed E-state index contributed by atoms with van der Waals surface area (Å²) < 4.78 is 0. The van der Waals surface area contributed by atoms with Gasteiger partial charge in [0.1, 0.15) is 0 Å². The van der Waals surface area contributed by atoms with Gasteiger partial charge >= 0.3 is 12.2 Å². The van der Waals surface area contributed by atoms with Crippen molar-refractivity contribution in [2.75, 3.05) is 6.61 Å². The van der Waals surface area contributed by atoms with E-state index >= 15 is 0 Å². The molecule has 7 heteroatoms. The van der Waals surface area contributed by atoms with Crippen molar-refractivity contribution >= 4 is 12.2 Å². The Labute approximate surface area is 135 Å². The lowest BCUT2D eigenvalue weighted by Gasteiger charge is -2.38. The van der Waals surface area contributed by atoms with Gasteiger partial charge in [-0.2, -0.15) is 0 Å². The lowest BCUT2D eigenvalue weighted by molar-refractivity contribution is 0.114. The molecule has 2 atom stereocenters. The van der Waals surface area contributed by atoms with Crippen LogP contribution in [0.4, 0.5) is 9.59 Å². The Hall–Kier alpha value is -2.28. The number of aliphatic hydroxyl groups excluding tert-OH is 1. The van der Waals surface area contributed by atoms with Crippen molar-refractivity contribution in [2.24, 2.45) is 5.41 Å². The number of hydrogen-bond acceptors (Lipinski definition) is 3. The number of hydrogen-bond donors (Lipinski definition) is 5. The van der Waals surface area contributed by atoms with Gasteiger partial charge in [0.15, 0.2) is 0 Å². The number of nitrogens with one attached hydrogen (secondary N) is 2. The van der Waals surface area contributed by atoms with Crippen LogP contribution in [0.2, 0.25) is 0 Å². The predicted octanol–water partition coefficient (Wildman–Crippen LogP) is 1.91. The number of aliphatic hydroxyl groups is 1. The first-order valence-electron chi connectivity index (χ1n) is 7.40. The molecule has 1 aromatic carbocycles. The molecule has 0 bridgehead atoms. The third-order valence-corrected chi connectivity index (χ3v) is 3.93. The third-order valence-electron chi connectivity index (χ3n) is 3.93. The Morgan fingerprint density at radius 2 is 1.65 bits per heavy atom. The van der Waals surface area contributed by atoms with Gasteiger partial charge in [-0.1, -0.05) is 44.2 Å². The number of benzene rings is 1. The summed E-state index contributed by atoms with van der Waals surface area (Å²) in [7, 11) is 0. The Bertz CT molecular complexity index is 518. The molecule has 0 aliphatic carbocycles. The number of carbonyl (C=O) groups is 2. The van der Waals surface area contributed by atoms with Crippen molar-refractivity contribution in [2.45, 2.75) is 38.8 Å². The van der Waals surface area contributed by atoms with E-state index in [1.807, 2.05) is 44.2 Å². The van der Waals surface area contributed by atoms with E-state index in [0.29, 0.717) is 6.42 Å². The van der Waals surface area contributed by atoms with Crippen LogP contribution in [-0.4, -0.2) is 46.2 Å². The van der Waals surface area contributed by atoms with Gasteiger partial charge in [-0.3, -0.25) is 0 Å². The zero-order chi connectivity index (χ0) is 17.5. The van der Waals surface area contributed by atoms with Crippen LogP contribution in [0.1, 0.15) is 25.8 Å². The van der Waals surface area contributed by atoms with Gasteiger partial charge in [-0.15, -0.1) is 0 Å². The first kappa shape index (κ1) is 18.8. The lowest BCUT2D eigenvalue weighted by Crippen LogP contribution is -2.59. The predicted molar refractivity (Wildman–Crippen MR) is 85.5 cm³/mol. The molecule has 0 aliphatic rings. The van der Waals surface area contributed by atoms with E-state index in [2.05, 4.69) is 10.6 Å². The first-order chi connectivity index (χ1) is 10.8. The van der Waals surface area contributed by atoms with Crippen LogP contribution in [0.15, 0.2) is 30.3 Å². The topological polar surface area (TPSA) is 119 Å². The summed E-state index contributed by atoms with van der Waals surface area (Å²) in [6.07, 6.45) is -1.22. The van der Waals surface area contributed by atoms with Crippen molar-refractivity contribution in [3.05, 3.63) is 35.9 Å². The average Bonchev–Trinajstić information content (AvgIpc) is 2.49. The van der Waals surface area contributed by atoms with Gasteiger partial charge < -0.3 is 26.0 Å². The van der Waals surface area contributed by atoms with Crippen molar-refractivity contribution in [1.29, 1.82) is 0 Å². The maximum Gasteiger partial charge on any atom is 0.405 e. The Balaban J connectivity index is 2.88. The van der Waals surface area contributed by atoms with Crippen LogP contribution in [0.25, 0.3) is 0 Å². The summed E-state index contributed by atoms with van der Waals surface area (Å²) in [5.74, 6) is 0. The van der Waals surface area contributed by atoms with E-state index in [4.69, 9.17) is 10.2 Å². The van der Waals surface area contributed by atoms with Crippen molar-refractivity contribution in [3.63, 3.8) is 0 Å². The van der Waals surface area contributed by atoms with Crippen molar-refractivity contribution < 1.29 is 24.9 Å². The standard InChI is InChI=1S/C16H24N2O5/c1-16(2,9-8-11-6-4-3-5-7-11)13(18-15(22)23)12(10-19)17-14(20)21/h3-7,12-13,17-19H,8-10H2,1-2H3,(H,20,21)(H,22,23). The highest BCUT2D eigenvalue weighted by atomic mass is 16.4. The summed E-state index contributed by atoms with van der Waals surface area (Å²) in [5, 5.41) is 31.9. The van der Waals surface area contributed by atoms with E-state index in [-0.39, 0.29) is 0 Å². The van der Waals surface area contributed by atoms with E-state index < -0.39 is 36.3 Å². The molecule has 0 radical (unpaired) electrons. The molecule has 7 nitrogen and oxygen atoms in total. The molecule has 0 saturated carbocycles. The maximum atomic E-state index is 11.1. The summed E-state index contributed by atoms with van der Waals surface area (Å²) in [6, 6.07) is 8.06. The minimum Gasteiger partial charge on any atom is -0.465 e. The number of carboxylic acid groups (broad SMARTS) is 2. The molecular weight excluding hydrogens is 300 g/mol. The summed E-state index contributed by atoms with van der Waals surface area (Å²) in [6.45, 7) is 3.21. The average molecular weight is 324 g/mol. The van der Waals surface area contributed by atoms with Crippen LogP contribution in [0.5, 0.6) is 0 Å². The van der Waals surface area contributed by atoms with Crippen molar-refractivity contribution in [3.8, 4) is 0 Å². The maximum absolute atomic E-state index is 11.1. The largest absolute Gasteiger partial charge is 0.465 e. The van der Waals surface area contributed by atoms with Crippen LogP contribution in [-0.2, 0) is 6.42 Å². The van der Waals surface area contributed by atoms with E-state index in [0.717, 1.165) is 12.0 Å². The second-order valence-electron chi connectivity index (χ2n) is 6.14. The fraction of sp³-hybridized carbons (Fsp3) is 0.500. The monoisotopic (exact) mass is 324 g/mol. The SMILES string of the molecule is CC(C)(CCc1ccccc1)C(NC(=O)O)C(CO)NC(=O)O.